The van der Waals surface area contributed by atoms with E-state index in [4.69, 9.17) is 5.11 Å². The molecule has 82 valence electrons. The third kappa shape index (κ3) is 3.06. The summed E-state index contributed by atoms with van der Waals surface area (Å²) in [6.07, 6.45) is 0. The van der Waals surface area contributed by atoms with Crippen molar-refractivity contribution >= 4 is 23.2 Å². The highest BCUT2D eigenvalue weighted by Gasteiger charge is 2.15. The molecule has 15 heavy (non-hydrogen) atoms. The Hall–Kier alpha value is -1.36. The van der Waals surface area contributed by atoms with E-state index < -0.39 is 5.97 Å². The predicted molar refractivity (Wildman–Crippen MR) is 58.4 cm³/mol. The molecule has 0 saturated heterocycles. The molecule has 0 atom stereocenters. The van der Waals surface area contributed by atoms with E-state index in [9.17, 15) is 9.59 Å². The lowest BCUT2D eigenvalue weighted by molar-refractivity contribution is -0.135. The van der Waals surface area contributed by atoms with Crippen LogP contribution in [-0.2, 0) is 4.79 Å². The maximum Gasteiger partial charge on any atom is 0.322 e. The molecule has 1 amide bonds. The summed E-state index contributed by atoms with van der Waals surface area (Å²) in [6.45, 7) is 3.65. The molecule has 0 unspecified atom stereocenters. The van der Waals surface area contributed by atoms with E-state index in [0.29, 0.717) is 4.88 Å². The second-order valence-corrected chi connectivity index (χ2v) is 4.35. The van der Waals surface area contributed by atoms with Crippen LogP contribution in [0.5, 0.6) is 0 Å². The number of hydrogen-bond acceptors (Lipinski definition) is 3. The van der Waals surface area contributed by atoms with E-state index in [1.165, 1.54) is 11.3 Å². The Morgan fingerprint density at radius 2 is 2.20 bits per heavy atom. The summed E-state index contributed by atoms with van der Waals surface area (Å²) in [4.78, 5) is 22.5. The molecule has 4 nitrogen and oxygen atoms in total. The second-order valence-electron chi connectivity index (χ2n) is 3.44. The van der Waals surface area contributed by atoms with Gasteiger partial charge in [-0.1, -0.05) is 13.8 Å². The second kappa shape index (κ2) is 4.93. The number of amides is 1. The Kier molecular flexibility index (Phi) is 3.85. The maximum atomic E-state index is 11.6. The highest BCUT2D eigenvalue weighted by molar-refractivity contribution is 7.12. The topological polar surface area (TPSA) is 66.4 Å². The quantitative estimate of drug-likeness (QED) is 0.822. The van der Waals surface area contributed by atoms with Gasteiger partial charge in [-0.2, -0.15) is 0 Å². The fraction of sp³-hybridized carbons (Fsp3) is 0.400. The summed E-state index contributed by atoms with van der Waals surface area (Å²) in [5.41, 5.74) is 0.961. The zero-order chi connectivity index (χ0) is 11.4. The lowest BCUT2D eigenvalue weighted by Crippen LogP contribution is -2.29. The number of aliphatic carboxylic acids is 1. The standard InChI is InChI=1S/C10H13NO3S/c1-6(2)7-3-4-15-9(7)10(14)11-5-8(12)13/h3-4,6H,5H2,1-2H3,(H,11,14)(H,12,13). The van der Waals surface area contributed by atoms with Crippen molar-refractivity contribution in [3.05, 3.63) is 21.9 Å². The van der Waals surface area contributed by atoms with E-state index in [-0.39, 0.29) is 18.4 Å². The molecule has 0 spiro atoms. The van der Waals surface area contributed by atoms with Gasteiger partial charge in [-0.05, 0) is 22.9 Å². The van der Waals surface area contributed by atoms with Gasteiger partial charge in [0.1, 0.15) is 6.54 Å². The lowest BCUT2D eigenvalue weighted by atomic mass is 10.0. The van der Waals surface area contributed by atoms with Crippen LogP contribution in [0.25, 0.3) is 0 Å². The van der Waals surface area contributed by atoms with E-state index in [2.05, 4.69) is 5.32 Å². The van der Waals surface area contributed by atoms with Crippen LogP contribution >= 0.6 is 11.3 Å². The molecule has 5 heteroatoms. The lowest BCUT2D eigenvalue weighted by Gasteiger charge is -2.06. The van der Waals surface area contributed by atoms with Crippen molar-refractivity contribution in [3.63, 3.8) is 0 Å². The van der Waals surface area contributed by atoms with Gasteiger partial charge in [0, 0.05) is 0 Å². The maximum absolute atomic E-state index is 11.6. The van der Waals surface area contributed by atoms with Crippen molar-refractivity contribution in [2.75, 3.05) is 6.54 Å². The minimum absolute atomic E-state index is 0.266. The fourth-order valence-electron chi connectivity index (χ4n) is 1.19. The average molecular weight is 227 g/mol. The Labute approximate surface area is 91.9 Å². The summed E-state index contributed by atoms with van der Waals surface area (Å²) in [5, 5.41) is 12.6. The predicted octanol–water partition coefficient (Wildman–Crippen LogP) is 1.69. The summed E-state index contributed by atoms with van der Waals surface area (Å²) in [6, 6.07) is 1.89. The normalized spacial score (nSPS) is 10.3. The first-order valence-electron chi connectivity index (χ1n) is 4.59. The molecule has 1 heterocycles. The molecular formula is C10H13NO3S. The number of nitrogens with one attached hydrogen (secondary N) is 1. The smallest absolute Gasteiger partial charge is 0.322 e. The molecule has 1 aromatic heterocycles. The Morgan fingerprint density at radius 3 is 2.73 bits per heavy atom. The van der Waals surface area contributed by atoms with Crippen LogP contribution in [-0.4, -0.2) is 23.5 Å². The largest absolute Gasteiger partial charge is 0.480 e. The summed E-state index contributed by atoms with van der Waals surface area (Å²) in [5.74, 6) is -1.08. The van der Waals surface area contributed by atoms with Crippen molar-refractivity contribution in [3.8, 4) is 0 Å². The number of carboxylic acids is 1. The van der Waals surface area contributed by atoms with Crippen molar-refractivity contribution < 1.29 is 14.7 Å². The molecular weight excluding hydrogens is 214 g/mol. The Balaban J connectivity index is 2.73. The minimum Gasteiger partial charge on any atom is -0.480 e. The van der Waals surface area contributed by atoms with Crippen LogP contribution in [0, 0.1) is 0 Å². The van der Waals surface area contributed by atoms with E-state index in [1.54, 1.807) is 0 Å². The molecule has 0 fully saturated rings. The number of carbonyl (C=O) groups excluding carboxylic acids is 1. The van der Waals surface area contributed by atoms with E-state index >= 15 is 0 Å². The number of carboxylic acid groups (broad SMARTS) is 1. The molecule has 1 aromatic rings. The van der Waals surface area contributed by atoms with Gasteiger partial charge in [-0.15, -0.1) is 11.3 Å². The number of carbonyl (C=O) groups is 2. The van der Waals surface area contributed by atoms with Gasteiger partial charge in [0.05, 0.1) is 4.88 Å². The molecule has 0 aliphatic rings. The molecule has 1 rings (SSSR count). The van der Waals surface area contributed by atoms with Gasteiger partial charge < -0.3 is 10.4 Å². The Morgan fingerprint density at radius 1 is 1.53 bits per heavy atom. The van der Waals surface area contributed by atoms with Crippen LogP contribution < -0.4 is 5.32 Å². The van der Waals surface area contributed by atoms with Gasteiger partial charge in [0.15, 0.2) is 0 Å². The number of rotatable bonds is 4. The zero-order valence-corrected chi connectivity index (χ0v) is 9.43. The zero-order valence-electron chi connectivity index (χ0n) is 8.61. The van der Waals surface area contributed by atoms with Crippen LogP contribution in [0.1, 0.15) is 35.0 Å². The third-order valence-electron chi connectivity index (χ3n) is 1.92. The molecule has 0 aromatic carbocycles. The molecule has 0 aliphatic carbocycles. The minimum atomic E-state index is -1.04. The fourth-order valence-corrected chi connectivity index (χ4v) is 2.16. The van der Waals surface area contributed by atoms with Gasteiger partial charge in [-0.3, -0.25) is 9.59 Å². The average Bonchev–Trinajstić information content (AvgIpc) is 2.62. The van der Waals surface area contributed by atoms with E-state index in [0.717, 1.165) is 5.56 Å². The number of thiophene rings is 1. The first-order chi connectivity index (χ1) is 7.02. The van der Waals surface area contributed by atoms with Gasteiger partial charge in [0.25, 0.3) is 5.91 Å². The number of hydrogen-bond donors (Lipinski definition) is 2. The first kappa shape index (κ1) is 11.7. The van der Waals surface area contributed by atoms with Crippen molar-refractivity contribution in [1.29, 1.82) is 0 Å². The van der Waals surface area contributed by atoms with Gasteiger partial charge in [-0.25, -0.2) is 0 Å². The van der Waals surface area contributed by atoms with Crippen molar-refractivity contribution in [2.24, 2.45) is 0 Å². The SMILES string of the molecule is CC(C)c1ccsc1C(=O)NCC(=O)O. The molecule has 0 bridgehead atoms. The van der Waals surface area contributed by atoms with Crippen molar-refractivity contribution in [1.82, 2.24) is 5.32 Å². The summed E-state index contributed by atoms with van der Waals surface area (Å²) < 4.78 is 0. The highest BCUT2D eigenvalue weighted by atomic mass is 32.1. The first-order valence-corrected chi connectivity index (χ1v) is 5.47. The van der Waals surface area contributed by atoms with Gasteiger partial charge in [0.2, 0.25) is 0 Å². The van der Waals surface area contributed by atoms with Crippen LogP contribution in [0.2, 0.25) is 0 Å². The third-order valence-corrected chi connectivity index (χ3v) is 2.85. The summed E-state index contributed by atoms with van der Waals surface area (Å²) in [7, 11) is 0. The Bertz CT molecular complexity index is 370. The monoisotopic (exact) mass is 227 g/mol. The molecule has 0 aliphatic heterocycles. The molecule has 0 saturated carbocycles. The highest BCUT2D eigenvalue weighted by Crippen LogP contribution is 2.24. The van der Waals surface area contributed by atoms with E-state index in [1.807, 2.05) is 25.3 Å². The van der Waals surface area contributed by atoms with Crippen molar-refractivity contribution in [2.45, 2.75) is 19.8 Å². The van der Waals surface area contributed by atoms with Crippen LogP contribution in [0.15, 0.2) is 11.4 Å². The molecule has 0 radical (unpaired) electrons. The molecule has 2 N–H and O–H groups in total. The van der Waals surface area contributed by atoms with Crippen LogP contribution in [0.3, 0.4) is 0 Å². The van der Waals surface area contributed by atoms with Gasteiger partial charge >= 0.3 is 5.97 Å². The van der Waals surface area contributed by atoms with Crippen LogP contribution in [0.4, 0.5) is 0 Å². The summed E-state index contributed by atoms with van der Waals surface area (Å²) >= 11 is 1.33.